The summed E-state index contributed by atoms with van der Waals surface area (Å²) in [4.78, 5) is 30.1. The summed E-state index contributed by atoms with van der Waals surface area (Å²) >= 11 is 0. The largest absolute Gasteiger partial charge is 0.328 e. The number of halogens is 1. The zero-order valence-electron chi connectivity index (χ0n) is 16.6. The molecule has 5 heteroatoms. The third-order valence-electron chi connectivity index (χ3n) is 6.12. The fraction of sp³-hybridized carbons (Fsp3) is 0.417. The minimum atomic E-state index is -0.916. The Bertz CT molecular complexity index is 862. The third-order valence-corrected chi connectivity index (χ3v) is 6.12. The highest BCUT2D eigenvalue weighted by Gasteiger charge is 2.43. The number of nitrogens with zero attached hydrogens (tertiary/aromatic N) is 2. The molecule has 152 valence electrons. The molecule has 2 fully saturated rings. The lowest BCUT2D eigenvalue weighted by molar-refractivity contribution is -0.159. The molecule has 4 nitrogen and oxygen atoms in total. The first-order valence-electron chi connectivity index (χ1n) is 10.5. The maximum absolute atomic E-state index is 14.7. The summed E-state index contributed by atoms with van der Waals surface area (Å²) in [6.45, 7) is 0.379. The summed E-state index contributed by atoms with van der Waals surface area (Å²) in [5, 5.41) is 0. The van der Waals surface area contributed by atoms with E-state index in [1.54, 1.807) is 28.0 Å². The second-order valence-corrected chi connectivity index (χ2v) is 8.04. The van der Waals surface area contributed by atoms with Crippen molar-refractivity contribution < 1.29 is 14.0 Å². The van der Waals surface area contributed by atoms with E-state index in [1.165, 1.54) is 18.9 Å². The van der Waals surface area contributed by atoms with Crippen molar-refractivity contribution in [2.24, 2.45) is 0 Å². The van der Waals surface area contributed by atoms with E-state index in [-0.39, 0.29) is 30.0 Å². The van der Waals surface area contributed by atoms with Gasteiger partial charge < -0.3 is 9.80 Å². The van der Waals surface area contributed by atoms with Crippen molar-refractivity contribution in [3.05, 3.63) is 71.5 Å². The van der Waals surface area contributed by atoms with Gasteiger partial charge in [0.1, 0.15) is 18.4 Å². The molecule has 2 aliphatic rings. The zero-order valence-corrected chi connectivity index (χ0v) is 16.6. The molecule has 1 aliphatic carbocycles. The Hall–Kier alpha value is -2.69. The van der Waals surface area contributed by atoms with Gasteiger partial charge in [-0.05, 0) is 24.5 Å². The second-order valence-electron chi connectivity index (χ2n) is 8.04. The van der Waals surface area contributed by atoms with Gasteiger partial charge >= 0.3 is 0 Å². The zero-order chi connectivity index (χ0) is 20.2. The fourth-order valence-corrected chi connectivity index (χ4v) is 4.58. The van der Waals surface area contributed by atoms with Crippen LogP contribution in [0.5, 0.6) is 0 Å². The molecule has 0 N–H and O–H groups in total. The molecule has 4 rings (SSSR count). The van der Waals surface area contributed by atoms with Crippen molar-refractivity contribution in [1.29, 1.82) is 0 Å². The first-order valence-corrected chi connectivity index (χ1v) is 10.5. The SMILES string of the molecule is O=C1C(c2ccccc2F)N(Cc2ccccc2)C(=O)CN1C1CCCCCC1. The lowest BCUT2D eigenvalue weighted by Gasteiger charge is -2.43. The van der Waals surface area contributed by atoms with Crippen molar-refractivity contribution in [2.45, 2.75) is 57.2 Å². The Morgan fingerprint density at radius 1 is 0.862 bits per heavy atom. The first-order chi connectivity index (χ1) is 14.1. The van der Waals surface area contributed by atoms with E-state index in [2.05, 4.69) is 0 Å². The highest BCUT2D eigenvalue weighted by molar-refractivity contribution is 5.95. The molecule has 1 atom stereocenters. The lowest BCUT2D eigenvalue weighted by atomic mass is 9.96. The molecule has 2 aromatic carbocycles. The predicted octanol–water partition coefficient (Wildman–Crippen LogP) is 4.46. The van der Waals surface area contributed by atoms with Gasteiger partial charge in [0.25, 0.3) is 5.91 Å². The van der Waals surface area contributed by atoms with Gasteiger partial charge in [0.05, 0.1) is 0 Å². The molecule has 0 spiro atoms. The van der Waals surface area contributed by atoms with Crippen LogP contribution < -0.4 is 0 Å². The van der Waals surface area contributed by atoms with Gasteiger partial charge in [-0.3, -0.25) is 9.59 Å². The van der Waals surface area contributed by atoms with Gasteiger partial charge in [-0.15, -0.1) is 0 Å². The number of carbonyl (C=O) groups excluding carboxylic acids is 2. The van der Waals surface area contributed by atoms with Crippen LogP contribution in [0.1, 0.15) is 55.7 Å². The molecule has 0 aromatic heterocycles. The minimum absolute atomic E-state index is 0.0714. The molecular weight excluding hydrogens is 367 g/mol. The molecule has 1 saturated carbocycles. The van der Waals surface area contributed by atoms with Crippen molar-refractivity contribution in [1.82, 2.24) is 9.80 Å². The van der Waals surface area contributed by atoms with Gasteiger partial charge in [-0.25, -0.2) is 4.39 Å². The van der Waals surface area contributed by atoms with E-state index < -0.39 is 11.9 Å². The molecule has 29 heavy (non-hydrogen) atoms. The lowest BCUT2D eigenvalue weighted by Crippen LogP contribution is -2.58. The molecular formula is C24H27FN2O2. The Morgan fingerprint density at radius 3 is 2.21 bits per heavy atom. The van der Waals surface area contributed by atoms with Gasteiger partial charge in [0.2, 0.25) is 5.91 Å². The van der Waals surface area contributed by atoms with Crippen LogP contribution in [0.3, 0.4) is 0 Å². The summed E-state index contributed by atoms with van der Waals surface area (Å²) in [6, 6.07) is 15.0. The maximum Gasteiger partial charge on any atom is 0.250 e. The molecule has 1 unspecified atom stereocenters. The Kier molecular flexibility index (Phi) is 5.93. The van der Waals surface area contributed by atoms with Crippen LogP contribution in [0.15, 0.2) is 54.6 Å². The van der Waals surface area contributed by atoms with Gasteiger partial charge in [-0.2, -0.15) is 0 Å². The maximum atomic E-state index is 14.7. The van der Waals surface area contributed by atoms with Crippen molar-refractivity contribution in [2.75, 3.05) is 6.54 Å². The third kappa shape index (κ3) is 4.19. The second kappa shape index (κ2) is 8.76. The topological polar surface area (TPSA) is 40.6 Å². The monoisotopic (exact) mass is 394 g/mol. The number of rotatable bonds is 4. The summed E-state index contributed by atoms with van der Waals surface area (Å²) in [6.07, 6.45) is 6.32. The van der Waals surface area contributed by atoms with Crippen molar-refractivity contribution >= 4 is 11.8 Å². The van der Waals surface area contributed by atoms with Crippen LogP contribution in [0.25, 0.3) is 0 Å². The van der Waals surface area contributed by atoms with Crippen molar-refractivity contribution in [3.63, 3.8) is 0 Å². The standard InChI is InChI=1S/C24H27FN2O2/c25-21-15-9-8-14-20(21)23-24(29)26(19-12-6-1-2-7-13-19)17-22(28)27(23)16-18-10-4-3-5-11-18/h3-5,8-11,14-15,19,23H,1-2,6-7,12-13,16-17H2. The predicted molar refractivity (Wildman–Crippen MR) is 109 cm³/mol. The average molecular weight is 394 g/mol. The van der Waals surface area contributed by atoms with Crippen LogP contribution in [0.4, 0.5) is 4.39 Å². The molecule has 1 heterocycles. The van der Waals surface area contributed by atoms with E-state index in [0.717, 1.165) is 31.2 Å². The van der Waals surface area contributed by atoms with Crippen LogP contribution >= 0.6 is 0 Å². The van der Waals surface area contributed by atoms with Gasteiger partial charge in [0.15, 0.2) is 0 Å². The van der Waals surface area contributed by atoms with Gasteiger partial charge in [0, 0.05) is 18.2 Å². The summed E-state index contributed by atoms with van der Waals surface area (Å²) in [7, 11) is 0. The number of hydrogen-bond donors (Lipinski definition) is 0. The Labute approximate surface area is 171 Å². The molecule has 1 aliphatic heterocycles. The summed E-state index contributed by atoms with van der Waals surface area (Å²) < 4.78 is 14.7. The first kappa shape index (κ1) is 19.6. The highest BCUT2D eigenvalue weighted by atomic mass is 19.1. The van der Waals surface area contributed by atoms with Gasteiger partial charge in [-0.1, -0.05) is 74.2 Å². The van der Waals surface area contributed by atoms with E-state index in [4.69, 9.17) is 0 Å². The smallest absolute Gasteiger partial charge is 0.250 e. The van der Waals surface area contributed by atoms with E-state index in [1.807, 2.05) is 30.3 Å². The Balaban J connectivity index is 1.69. The normalized spacial score (nSPS) is 21.3. The van der Waals surface area contributed by atoms with E-state index >= 15 is 0 Å². The average Bonchev–Trinajstić information content (AvgIpc) is 3.02. The number of carbonyl (C=O) groups is 2. The van der Waals surface area contributed by atoms with Crippen molar-refractivity contribution in [3.8, 4) is 0 Å². The number of piperazine rings is 1. The summed E-state index contributed by atoms with van der Waals surface area (Å²) in [5.41, 5.74) is 1.21. The molecule has 0 bridgehead atoms. The molecule has 2 aromatic rings. The quantitative estimate of drug-likeness (QED) is 0.719. The number of benzene rings is 2. The number of amides is 2. The minimum Gasteiger partial charge on any atom is -0.328 e. The van der Waals surface area contributed by atoms with Crippen LogP contribution in [-0.4, -0.2) is 34.2 Å². The molecule has 0 radical (unpaired) electrons. The van der Waals surface area contributed by atoms with Crippen LogP contribution in [0.2, 0.25) is 0 Å². The Morgan fingerprint density at radius 2 is 1.52 bits per heavy atom. The highest BCUT2D eigenvalue weighted by Crippen LogP contribution is 2.34. The molecule has 1 saturated heterocycles. The van der Waals surface area contributed by atoms with Crippen LogP contribution in [-0.2, 0) is 16.1 Å². The fourth-order valence-electron chi connectivity index (χ4n) is 4.58. The van der Waals surface area contributed by atoms with Crippen LogP contribution in [0, 0.1) is 5.82 Å². The molecule has 2 amide bonds. The number of hydrogen-bond acceptors (Lipinski definition) is 2. The van der Waals surface area contributed by atoms with E-state index in [9.17, 15) is 14.0 Å². The summed E-state index contributed by atoms with van der Waals surface area (Å²) in [5.74, 6) is -0.720. The van der Waals surface area contributed by atoms with E-state index in [0.29, 0.717) is 6.54 Å².